The molecule has 12 N–H and O–H groups in total. The Morgan fingerprint density at radius 1 is 0.938 bits per heavy atom. The molecule has 0 fully saturated rings. The van der Waals surface area contributed by atoms with E-state index in [0.717, 1.165) is 0 Å². The van der Waals surface area contributed by atoms with Gasteiger partial charge in [-0.15, -0.1) is 0 Å². The van der Waals surface area contributed by atoms with Crippen LogP contribution in [0, 0.1) is 0 Å². The van der Waals surface area contributed by atoms with E-state index in [1.54, 1.807) is 0 Å². The summed E-state index contributed by atoms with van der Waals surface area (Å²) >= 11 is 0. The van der Waals surface area contributed by atoms with Crippen LogP contribution < -0.4 is 34.4 Å². The number of nitrogens with two attached hydrogens (primary N) is 6. The number of carbonyl (C=O) groups excluding carboxylic acids is 2. The van der Waals surface area contributed by atoms with Crippen molar-refractivity contribution in [3.63, 3.8) is 0 Å². The predicted molar refractivity (Wildman–Crippen MR) is 57.1 cm³/mol. The summed E-state index contributed by atoms with van der Waals surface area (Å²) in [6.45, 7) is 0. The summed E-state index contributed by atoms with van der Waals surface area (Å²) in [5.74, 6) is 0.125. The van der Waals surface area contributed by atoms with Crippen LogP contribution in [0.2, 0.25) is 0 Å². The third kappa shape index (κ3) is 13.7. The molecule has 3 amide bonds. The van der Waals surface area contributed by atoms with Crippen LogP contribution in [0.4, 0.5) is 22.6 Å². The zero-order valence-corrected chi connectivity index (χ0v) is 8.20. The van der Waals surface area contributed by atoms with Crippen molar-refractivity contribution in [1.82, 2.24) is 15.0 Å². The van der Waals surface area contributed by atoms with Crippen molar-refractivity contribution in [3.8, 4) is 0 Å². The summed E-state index contributed by atoms with van der Waals surface area (Å²) in [4.78, 5) is 28.0. The molecule has 0 atom stereocenters. The average Bonchev–Trinajstić information content (AvgIpc) is 2.00. The van der Waals surface area contributed by atoms with Gasteiger partial charge in [-0.1, -0.05) is 0 Å². The van der Waals surface area contributed by atoms with Crippen molar-refractivity contribution in [3.05, 3.63) is 0 Å². The van der Waals surface area contributed by atoms with Gasteiger partial charge in [0.1, 0.15) is 0 Å². The third-order valence-electron chi connectivity index (χ3n) is 0.687. The van der Waals surface area contributed by atoms with Crippen molar-refractivity contribution in [2.75, 3.05) is 17.2 Å². The molecule has 0 bridgehead atoms. The lowest BCUT2D eigenvalue weighted by atomic mass is 10.9. The molecule has 1 aromatic heterocycles. The highest BCUT2D eigenvalue weighted by atomic mass is 16.2. The molecule has 0 aliphatic rings. The lowest BCUT2D eigenvalue weighted by molar-refractivity contribution is -0.106. The Kier molecular flexibility index (Phi) is 8.52. The largest absolute Gasteiger partial charge is 0.372 e. The van der Waals surface area contributed by atoms with E-state index in [9.17, 15) is 0 Å². The van der Waals surface area contributed by atoms with Crippen molar-refractivity contribution in [2.24, 2.45) is 17.2 Å². The summed E-state index contributed by atoms with van der Waals surface area (Å²) < 4.78 is 0. The highest BCUT2D eigenvalue weighted by Gasteiger charge is 1.93. The number of hydrogen-bond donors (Lipinski definition) is 6. The number of aromatic nitrogens is 3. The van der Waals surface area contributed by atoms with Gasteiger partial charge in [0.2, 0.25) is 24.3 Å². The minimum Gasteiger partial charge on any atom is -0.372 e. The second-order valence-electron chi connectivity index (χ2n) is 1.95. The fourth-order valence-electron chi connectivity index (χ4n) is 0.427. The highest BCUT2D eigenvalue weighted by Crippen LogP contribution is 1.97. The molecule has 0 radical (unpaired) electrons. The fraction of sp³-hybridized carbons (Fsp3) is 0. The minimum atomic E-state index is -0.833. The molecule has 0 saturated carbocycles. The molecule has 0 unspecified atom stereocenters. The predicted octanol–water partition coefficient (Wildman–Crippen LogP) is -3.26. The average molecular weight is 231 g/mol. The van der Waals surface area contributed by atoms with Gasteiger partial charge in [0.15, 0.2) is 0 Å². The topological polar surface area (TPSA) is 229 Å². The van der Waals surface area contributed by atoms with E-state index >= 15 is 0 Å². The van der Waals surface area contributed by atoms with E-state index in [1.165, 1.54) is 0 Å². The molecule has 0 spiro atoms. The maximum atomic E-state index is 9.00. The molecule has 1 rings (SSSR count). The maximum absolute atomic E-state index is 9.00. The van der Waals surface area contributed by atoms with Crippen LogP contribution in [0.25, 0.3) is 0 Å². The molecule has 0 saturated heterocycles. The number of anilines is 3. The van der Waals surface area contributed by atoms with E-state index in [0.29, 0.717) is 0 Å². The Balaban J connectivity index is 0. The molecule has 90 valence electrons. The molecule has 0 aliphatic carbocycles. The zero-order valence-electron chi connectivity index (χ0n) is 8.20. The Labute approximate surface area is 90.2 Å². The van der Waals surface area contributed by atoms with Crippen LogP contribution in [-0.4, -0.2) is 27.4 Å². The zero-order chi connectivity index (χ0) is 13.1. The number of nitrogen functional groups attached to an aromatic ring is 3. The monoisotopic (exact) mass is 231 g/mol. The first kappa shape index (κ1) is 15.6. The summed E-state index contributed by atoms with van der Waals surface area (Å²) in [6.07, 6.45) is 0.250. The van der Waals surface area contributed by atoms with Crippen molar-refractivity contribution < 1.29 is 9.59 Å². The highest BCUT2D eigenvalue weighted by molar-refractivity contribution is 5.69. The van der Waals surface area contributed by atoms with Gasteiger partial charge in [0, 0.05) is 0 Å². The van der Waals surface area contributed by atoms with Crippen molar-refractivity contribution in [2.45, 2.75) is 0 Å². The quantitative estimate of drug-likeness (QED) is 0.247. The first-order chi connectivity index (χ1) is 7.33. The van der Waals surface area contributed by atoms with Gasteiger partial charge >= 0.3 is 6.03 Å². The molecule has 0 aliphatic heterocycles. The lowest BCUT2D eigenvalue weighted by Gasteiger charge is -1.93. The number of hydrogen-bond acceptors (Lipinski definition) is 8. The van der Waals surface area contributed by atoms with E-state index in [1.807, 2.05) is 0 Å². The van der Waals surface area contributed by atoms with Crippen molar-refractivity contribution >= 4 is 30.3 Å². The second-order valence-corrected chi connectivity index (χ2v) is 1.95. The number of nitrogens with zero attached hydrogens (tertiary/aromatic N) is 3. The molecule has 11 heteroatoms. The lowest BCUT2D eigenvalue weighted by Crippen LogP contribution is -2.18. The maximum Gasteiger partial charge on any atom is 0.309 e. The van der Waals surface area contributed by atoms with Gasteiger partial charge in [0.05, 0.1) is 0 Å². The van der Waals surface area contributed by atoms with Crippen LogP contribution in [0.1, 0.15) is 0 Å². The molecule has 1 heterocycles. The Morgan fingerprint density at radius 3 is 1.19 bits per heavy atom. The third-order valence-corrected chi connectivity index (χ3v) is 0.687. The fourth-order valence-corrected chi connectivity index (χ4v) is 0.427. The Morgan fingerprint density at radius 2 is 1.06 bits per heavy atom. The van der Waals surface area contributed by atoms with Crippen LogP contribution in [-0.2, 0) is 4.79 Å². The molecule has 0 aromatic carbocycles. The minimum absolute atomic E-state index is 0.0417. The number of carbonyl (C=O) groups is 2. The molecule has 16 heavy (non-hydrogen) atoms. The summed E-state index contributed by atoms with van der Waals surface area (Å²) in [5.41, 5.74) is 28.1. The van der Waals surface area contributed by atoms with Gasteiger partial charge < -0.3 is 34.4 Å². The van der Waals surface area contributed by atoms with Gasteiger partial charge in [-0.05, 0) is 0 Å². The van der Waals surface area contributed by atoms with E-state index in [-0.39, 0.29) is 24.3 Å². The van der Waals surface area contributed by atoms with E-state index in [2.05, 4.69) is 32.2 Å². The number of primary amides is 3. The number of rotatable bonds is 0. The smallest absolute Gasteiger partial charge is 0.309 e. The molecule has 11 nitrogen and oxygen atoms in total. The number of urea groups is 1. The van der Waals surface area contributed by atoms with Crippen LogP contribution in [0.5, 0.6) is 0 Å². The first-order valence-corrected chi connectivity index (χ1v) is 3.56. The van der Waals surface area contributed by atoms with Crippen molar-refractivity contribution in [1.29, 1.82) is 0 Å². The number of amides is 3. The van der Waals surface area contributed by atoms with Crippen LogP contribution in [0.3, 0.4) is 0 Å². The molecular formula is C5H13N9O2. The summed E-state index contributed by atoms with van der Waals surface area (Å²) in [5, 5.41) is 0. The molecular weight excluding hydrogens is 218 g/mol. The van der Waals surface area contributed by atoms with Crippen LogP contribution in [0.15, 0.2) is 0 Å². The molecule has 1 aromatic rings. The second kappa shape index (κ2) is 8.74. The van der Waals surface area contributed by atoms with E-state index in [4.69, 9.17) is 26.8 Å². The summed E-state index contributed by atoms with van der Waals surface area (Å²) in [7, 11) is 0. The standard InChI is InChI=1S/C3H6N6.CH4N2O.CH3NO/c4-1-7-2(5)9-3(6)8-1;2-1(3)4;2-1-3/h(H6,4,5,6,7,8,9);(H4,2,3,4);1H,(H2,2,3). The van der Waals surface area contributed by atoms with Gasteiger partial charge in [0.25, 0.3) is 0 Å². The van der Waals surface area contributed by atoms with E-state index < -0.39 is 6.03 Å². The van der Waals surface area contributed by atoms with Crippen LogP contribution >= 0.6 is 0 Å². The SMILES string of the molecule is NC(N)=O.NC=O.Nc1nc(N)nc(N)n1. The Hall–Kier alpha value is -2.85. The Bertz CT molecular complexity index is 286. The first-order valence-electron chi connectivity index (χ1n) is 3.56. The van der Waals surface area contributed by atoms with Gasteiger partial charge in [-0.25, -0.2) is 4.79 Å². The van der Waals surface area contributed by atoms with Gasteiger partial charge in [-0.3, -0.25) is 4.79 Å². The normalized spacial score (nSPS) is 7.50. The summed E-state index contributed by atoms with van der Waals surface area (Å²) in [6, 6.07) is -0.833. The van der Waals surface area contributed by atoms with Gasteiger partial charge in [-0.2, -0.15) is 15.0 Å².